The van der Waals surface area contributed by atoms with E-state index in [-0.39, 0.29) is 12.6 Å². The van der Waals surface area contributed by atoms with Crippen molar-refractivity contribution < 1.29 is 14.6 Å². The summed E-state index contributed by atoms with van der Waals surface area (Å²) in [6.45, 7) is 0.427. The molecule has 0 heterocycles. The molecule has 0 unspecified atom stereocenters. The third-order valence-corrected chi connectivity index (χ3v) is 2.28. The van der Waals surface area contributed by atoms with Gasteiger partial charge in [-0.1, -0.05) is 24.6 Å². The molecule has 0 aromatic heterocycles. The van der Waals surface area contributed by atoms with Gasteiger partial charge in [0.15, 0.2) is 0 Å². The fourth-order valence-corrected chi connectivity index (χ4v) is 1.38. The predicted octanol–water partition coefficient (Wildman–Crippen LogP) is 2.83. The van der Waals surface area contributed by atoms with E-state index in [1.165, 1.54) is 0 Å². The molecule has 1 aromatic carbocycles. The third-order valence-electron chi connectivity index (χ3n) is 2.28. The van der Waals surface area contributed by atoms with Crippen LogP contribution < -0.4 is 0 Å². The first-order chi connectivity index (χ1) is 7.84. The number of carbonyl (C=O) groups is 1. The van der Waals surface area contributed by atoms with Crippen LogP contribution >= 0.6 is 0 Å². The van der Waals surface area contributed by atoms with E-state index in [0.717, 1.165) is 19.3 Å². The van der Waals surface area contributed by atoms with Gasteiger partial charge in [-0.3, -0.25) is 0 Å². The lowest BCUT2D eigenvalue weighted by Crippen LogP contribution is -2.06. The van der Waals surface area contributed by atoms with Gasteiger partial charge in [-0.05, 0) is 31.4 Å². The molecule has 0 saturated carbocycles. The molecule has 3 heteroatoms. The average molecular weight is 221 g/mol. The van der Waals surface area contributed by atoms with Gasteiger partial charge < -0.3 is 4.74 Å². The summed E-state index contributed by atoms with van der Waals surface area (Å²) < 4.78 is 5.09. The summed E-state index contributed by atoms with van der Waals surface area (Å²) in [5, 5.41) is 10.2. The van der Waals surface area contributed by atoms with E-state index in [1.807, 2.05) is 18.2 Å². The van der Waals surface area contributed by atoms with Crippen LogP contribution in [0.3, 0.4) is 0 Å². The second-order valence-electron chi connectivity index (χ2n) is 3.62. The van der Waals surface area contributed by atoms with Crippen molar-refractivity contribution in [1.29, 1.82) is 0 Å². The van der Waals surface area contributed by atoms with Crippen molar-refractivity contribution >= 4 is 5.97 Å². The van der Waals surface area contributed by atoms with Gasteiger partial charge in [0.2, 0.25) is 0 Å². The lowest BCUT2D eigenvalue weighted by molar-refractivity contribution is 0.0496. The molecule has 0 aliphatic heterocycles. The van der Waals surface area contributed by atoms with Crippen molar-refractivity contribution in [2.24, 2.45) is 0 Å². The fourth-order valence-electron chi connectivity index (χ4n) is 1.38. The smallest absolute Gasteiger partial charge is 0.338 e. The van der Waals surface area contributed by atoms with Crippen molar-refractivity contribution in [1.82, 2.24) is 0 Å². The lowest BCUT2D eigenvalue weighted by atomic mass is 10.2. The molecule has 0 atom stereocenters. The standard InChI is InChI=1S/C13H17O3/c14-10-6-1-2-7-11-16-13(15)12-8-4-3-5-9-12/h3-5,8-9H,1-2,6-7,10-11H2. The fraction of sp³-hybridized carbons (Fsp3) is 0.462. The van der Waals surface area contributed by atoms with Gasteiger partial charge in [0.05, 0.1) is 18.8 Å². The van der Waals surface area contributed by atoms with E-state index in [9.17, 15) is 9.90 Å². The first kappa shape index (κ1) is 12.7. The highest BCUT2D eigenvalue weighted by molar-refractivity contribution is 5.89. The third kappa shape index (κ3) is 4.94. The van der Waals surface area contributed by atoms with Crippen LogP contribution in [0, 0.1) is 0 Å². The minimum absolute atomic E-state index is 0.0101. The summed E-state index contributed by atoms with van der Waals surface area (Å²) in [5.74, 6) is -0.274. The molecule has 0 fully saturated rings. The van der Waals surface area contributed by atoms with E-state index in [2.05, 4.69) is 0 Å². The Morgan fingerprint density at radius 3 is 2.38 bits per heavy atom. The minimum atomic E-state index is -0.274. The molecule has 3 nitrogen and oxygen atoms in total. The maximum absolute atomic E-state index is 11.5. The van der Waals surface area contributed by atoms with Gasteiger partial charge in [0.1, 0.15) is 0 Å². The first-order valence-electron chi connectivity index (χ1n) is 5.65. The molecule has 0 spiro atoms. The Morgan fingerprint density at radius 2 is 1.69 bits per heavy atom. The zero-order chi connectivity index (χ0) is 11.6. The number of benzene rings is 1. The molecular formula is C13H17O3. The topological polar surface area (TPSA) is 46.2 Å². The molecule has 0 N–H and O–H groups in total. The molecule has 1 radical (unpaired) electrons. The van der Waals surface area contributed by atoms with Crippen LogP contribution in [0.2, 0.25) is 0 Å². The SMILES string of the molecule is [O]CCCCCCOC(=O)c1ccccc1. The molecule has 16 heavy (non-hydrogen) atoms. The van der Waals surface area contributed by atoms with E-state index >= 15 is 0 Å². The monoisotopic (exact) mass is 221 g/mol. The molecule has 1 rings (SSSR count). The zero-order valence-electron chi connectivity index (χ0n) is 9.35. The Balaban J connectivity index is 2.12. The summed E-state index contributed by atoms with van der Waals surface area (Å²) in [6, 6.07) is 8.95. The molecule has 0 amide bonds. The average Bonchev–Trinajstić information content (AvgIpc) is 2.34. The van der Waals surface area contributed by atoms with E-state index in [0.29, 0.717) is 18.6 Å². The largest absolute Gasteiger partial charge is 0.462 e. The Bertz CT molecular complexity index is 295. The summed E-state index contributed by atoms with van der Waals surface area (Å²) >= 11 is 0. The molecule has 0 aliphatic rings. The van der Waals surface area contributed by atoms with E-state index in [4.69, 9.17) is 4.74 Å². The highest BCUT2D eigenvalue weighted by Gasteiger charge is 2.04. The lowest BCUT2D eigenvalue weighted by Gasteiger charge is -2.04. The van der Waals surface area contributed by atoms with Gasteiger partial charge in [0, 0.05) is 0 Å². The van der Waals surface area contributed by atoms with Crippen LogP contribution in [0.15, 0.2) is 30.3 Å². The Labute approximate surface area is 96.1 Å². The van der Waals surface area contributed by atoms with E-state index < -0.39 is 0 Å². The number of rotatable bonds is 7. The summed E-state index contributed by atoms with van der Waals surface area (Å²) in [6.07, 6.45) is 3.42. The Kier molecular flexibility index (Phi) is 6.26. The Morgan fingerprint density at radius 1 is 1.00 bits per heavy atom. The van der Waals surface area contributed by atoms with Gasteiger partial charge >= 0.3 is 5.97 Å². The van der Waals surface area contributed by atoms with Gasteiger partial charge in [-0.25, -0.2) is 9.90 Å². The number of unbranched alkanes of at least 4 members (excludes halogenated alkanes) is 3. The van der Waals surface area contributed by atoms with Crippen molar-refractivity contribution in [2.45, 2.75) is 25.7 Å². The molecule has 0 bridgehead atoms. The Hall–Kier alpha value is -1.35. The summed E-state index contributed by atoms with van der Waals surface area (Å²) in [7, 11) is 0. The van der Waals surface area contributed by atoms with Crippen molar-refractivity contribution in [3.63, 3.8) is 0 Å². The highest BCUT2D eigenvalue weighted by Crippen LogP contribution is 2.03. The van der Waals surface area contributed by atoms with Crippen molar-refractivity contribution in [2.75, 3.05) is 13.2 Å². The molecule has 87 valence electrons. The zero-order valence-corrected chi connectivity index (χ0v) is 9.35. The maximum atomic E-state index is 11.5. The number of hydrogen-bond acceptors (Lipinski definition) is 2. The normalized spacial score (nSPS) is 10.1. The van der Waals surface area contributed by atoms with Crippen LogP contribution in [0.1, 0.15) is 36.0 Å². The van der Waals surface area contributed by atoms with Crippen molar-refractivity contribution in [3.05, 3.63) is 35.9 Å². The quantitative estimate of drug-likeness (QED) is 0.525. The van der Waals surface area contributed by atoms with Crippen molar-refractivity contribution in [3.8, 4) is 0 Å². The maximum Gasteiger partial charge on any atom is 0.338 e. The molecule has 1 aromatic rings. The van der Waals surface area contributed by atoms with Crippen LogP contribution in [0.25, 0.3) is 0 Å². The minimum Gasteiger partial charge on any atom is -0.462 e. The van der Waals surface area contributed by atoms with Crippen LogP contribution in [-0.4, -0.2) is 19.2 Å². The summed E-state index contributed by atoms with van der Waals surface area (Å²) in [4.78, 5) is 11.5. The number of ether oxygens (including phenoxy) is 1. The van der Waals surface area contributed by atoms with Crippen LogP contribution in [0.4, 0.5) is 0 Å². The molecular weight excluding hydrogens is 204 g/mol. The first-order valence-corrected chi connectivity index (χ1v) is 5.65. The van der Waals surface area contributed by atoms with E-state index in [1.54, 1.807) is 12.1 Å². The van der Waals surface area contributed by atoms with Crippen LogP contribution in [0.5, 0.6) is 0 Å². The van der Waals surface area contributed by atoms with Crippen LogP contribution in [-0.2, 0) is 9.84 Å². The van der Waals surface area contributed by atoms with Gasteiger partial charge in [-0.2, -0.15) is 0 Å². The van der Waals surface area contributed by atoms with Gasteiger partial charge in [0.25, 0.3) is 0 Å². The summed E-state index contributed by atoms with van der Waals surface area (Å²) in [5.41, 5.74) is 0.585. The second kappa shape index (κ2) is 7.88. The molecule has 0 saturated heterocycles. The number of hydrogen-bond donors (Lipinski definition) is 0. The molecule has 0 aliphatic carbocycles. The van der Waals surface area contributed by atoms with Gasteiger partial charge in [-0.15, -0.1) is 0 Å². The highest BCUT2D eigenvalue weighted by atomic mass is 16.5. The number of esters is 1. The predicted molar refractivity (Wildman–Crippen MR) is 60.7 cm³/mol. The number of carbonyl (C=O) groups excluding carboxylic acids is 1. The second-order valence-corrected chi connectivity index (χ2v) is 3.62.